The van der Waals surface area contributed by atoms with Crippen molar-refractivity contribution < 1.29 is 21.8 Å². The van der Waals surface area contributed by atoms with Crippen molar-refractivity contribution in [3.63, 3.8) is 0 Å². The molecule has 1 saturated heterocycles. The molecule has 0 unspecified atom stereocenters. The second kappa shape index (κ2) is 6.11. The minimum atomic E-state index is -3.81. The number of hydrogen-bond acceptors (Lipinski definition) is 4. The van der Waals surface area contributed by atoms with Gasteiger partial charge in [-0.2, -0.15) is 8.42 Å². The summed E-state index contributed by atoms with van der Waals surface area (Å²) in [5.41, 5.74) is 0.906. The lowest BCUT2D eigenvalue weighted by molar-refractivity contribution is -0.135. The van der Waals surface area contributed by atoms with Crippen molar-refractivity contribution >= 4 is 16.0 Å². The Morgan fingerprint density at radius 3 is 2.52 bits per heavy atom. The number of hydrogen-bond donors (Lipinski definition) is 0. The number of carbonyl (C=O) groups excluding carboxylic acids is 1. The lowest BCUT2D eigenvalue weighted by Gasteiger charge is -2.25. The maximum Gasteiger partial charge on any atom is 0.265 e. The first-order valence-corrected chi connectivity index (χ1v) is 8.45. The van der Waals surface area contributed by atoms with Gasteiger partial charge in [0.1, 0.15) is 0 Å². The van der Waals surface area contributed by atoms with Crippen LogP contribution in [0.15, 0.2) is 30.3 Å². The Balaban J connectivity index is 2.21. The van der Waals surface area contributed by atoms with E-state index < -0.39 is 34.7 Å². The molecule has 1 aromatic carbocycles. The molecule has 116 valence electrons. The Morgan fingerprint density at radius 2 is 2.00 bits per heavy atom. The molecule has 0 saturated carbocycles. The summed E-state index contributed by atoms with van der Waals surface area (Å²) in [6, 6.07) is 9.04. The molecule has 1 aliphatic rings. The van der Waals surface area contributed by atoms with E-state index in [0.717, 1.165) is 11.8 Å². The van der Waals surface area contributed by atoms with E-state index in [1.165, 1.54) is 4.90 Å². The highest BCUT2D eigenvalue weighted by atomic mass is 32.2. The molecule has 1 aliphatic heterocycles. The van der Waals surface area contributed by atoms with Gasteiger partial charge in [-0.15, -0.1) is 0 Å². The van der Waals surface area contributed by atoms with E-state index in [9.17, 15) is 17.6 Å². The highest BCUT2D eigenvalue weighted by Crippen LogP contribution is 2.31. The molecule has 1 aromatic rings. The maximum absolute atomic E-state index is 13.1. The van der Waals surface area contributed by atoms with Gasteiger partial charge in [0.2, 0.25) is 0 Å². The van der Waals surface area contributed by atoms with Crippen molar-refractivity contribution in [1.82, 2.24) is 4.90 Å². The van der Waals surface area contributed by atoms with E-state index >= 15 is 0 Å². The molecule has 0 spiro atoms. The Hall–Kier alpha value is -1.47. The summed E-state index contributed by atoms with van der Waals surface area (Å²) < 4.78 is 40.3. The molecule has 0 aliphatic carbocycles. The number of amides is 1. The van der Waals surface area contributed by atoms with Crippen LogP contribution in [-0.2, 0) is 19.1 Å². The van der Waals surface area contributed by atoms with Crippen molar-refractivity contribution in [1.29, 1.82) is 0 Å². The Kier molecular flexibility index (Phi) is 4.63. The zero-order chi connectivity index (χ0) is 15.6. The van der Waals surface area contributed by atoms with Gasteiger partial charge >= 0.3 is 0 Å². The molecule has 1 fully saturated rings. The van der Waals surface area contributed by atoms with Gasteiger partial charge < -0.3 is 4.90 Å². The predicted octanol–water partition coefficient (Wildman–Crippen LogP) is 1.52. The Labute approximate surface area is 123 Å². The normalized spacial score (nSPS) is 24.3. The van der Waals surface area contributed by atoms with Gasteiger partial charge in [0, 0.05) is 12.5 Å². The molecule has 21 heavy (non-hydrogen) atoms. The average Bonchev–Trinajstić information content (AvgIpc) is 2.74. The number of alkyl halides is 1. The number of halogens is 1. The summed E-state index contributed by atoms with van der Waals surface area (Å²) in [5.74, 6) is -1.25. The fourth-order valence-corrected chi connectivity index (χ4v) is 3.12. The van der Waals surface area contributed by atoms with Gasteiger partial charge in [0.05, 0.1) is 19.0 Å². The lowest BCUT2D eigenvalue weighted by atomic mass is 10.1. The third kappa shape index (κ3) is 3.59. The molecule has 2 rings (SSSR count). The summed E-state index contributed by atoms with van der Waals surface area (Å²) in [6.45, 7) is 1.17. The van der Waals surface area contributed by atoms with Gasteiger partial charge in [-0.25, -0.2) is 0 Å². The molecule has 3 atom stereocenters. The van der Waals surface area contributed by atoms with E-state index in [1.807, 2.05) is 37.3 Å². The average molecular weight is 315 g/mol. The zero-order valence-electron chi connectivity index (χ0n) is 11.9. The van der Waals surface area contributed by atoms with Crippen molar-refractivity contribution in [2.75, 3.05) is 19.5 Å². The van der Waals surface area contributed by atoms with Crippen molar-refractivity contribution in [3.05, 3.63) is 35.9 Å². The van der Waals surface area contributed by atoms with Crippen LogP contribution in [0.3, 0.4) is 0 Å². The van der Waals surface area contributed by atoms with Crippen molar-refractivity contribution in [2.45, 2.75) is 19.1 Å². The fraction of sp³-hybridized carbons (Fsp3) is 0.500. The molecule has 7 heteroatoms. The monoisotopic (exact) mass is 315 g/mol. The minimum Gasteiger partial charge on any atom is -0.333 e. The van der Waals surface area contributed by atoms with Crippen LogP contribution < -0.4 is 0 Å². The van der Waals surface area contributed by atoms with Gasteiger partial charge in [-0.3, -0.25) is 13.4 Å². The van der Waals surface area contributed by atoms with Gasteiger partial charge in [-0.1, -0.05) is 30.3 Å². The smallest absolute Gasteiger partial charge is 0.265 e. The molecular weight excluding hydrogens is 297 g/mol. The molecule has 5 nitrogen and oxygen atoms in total. The number of carbonyl (C=O) groups is 1. The van der Waals surface area contributed by atoms with E-state index in [1.54, 1.807) is 0 Å². The fourth-order valence-electron chi connectivity index (χ4n) is 2.50. The second-order valence-electron chi connectivity index (χ2n) is 5.21. The minimum absolute atomic E-state index is 0.144. The largest absolute Gasteiger partial charge is 0.333 e. The van der Waals surface area contributed by atoms with Crippen LogP contribution in [0.2, 0.25) is 0 Å². The Morgan fingerprint density at radius 1 is 1.38 bits per heavy atom. The number of benzene rings is 1. The standard InChI is InChI=1S/C14H18FNO4S/c1-10(11-6-4-3-5-7-11)16-9-12(8-15)13(14(16)17)20-21(2,18)19/h3-7,10,12-13H,8-9H2,1-2H3/t10-,12+,13+/m1/s1. The zero-order valence-corrected chi connectivity index (χ0v) is 12.7. The predicted molar refractivity (Wildman–Crippen MR) is 75.8 cm³/mol. The van der Waals surface area contributed by atoms with E-state index in [-0.39, 0.29) is 12.6 Å². The molecular formula is C14H18FNO4S. The molecule has 0 aromatic heterocycles. The van der Waals surface area contributed by atoms with Gasteiger partial charge in [0.25, 0.3) is 16.0 Å². The van der Waals surface area contributed by atoms with Crippen LogP contribution in [0, 0.1) is 5.92 Å². The van der Waals surface area contributed by atoms with Crippen LogP contribution in [0.4, 0.5) is 4.39 Å². The summed E-state index contributed by atoms with van der Waals surface area (Å²) in [6.07, 6.45) is -0.407. The molecule has 0 N–H and O–H groups in total. The summed E-state index contributed by atoms with van der Waals surface area (Å²) in [4.78, 5) is 13.8. The van der Waals surface area contributed by atoms with Crippen LogP contribution >= 0.6 is 0 Å². The summed E-state index contributed by atoms with van der Waals surface area (Å²) in [5, 5.41) is 0. The van der Waals surface area contributed by atoms with Crippen LogP contribution in [0.1, 0.15) is 18.5 Å². The quantitative estimate of drug-likeness (QED) is 0.773. The molecule has 0 radical (unpaired) electrons. The highest BCUT2D eigenvalue weighted by Gasteiger charge is 2.45. The van der Waals surface area contributed by atoms with Crippen LogP contribution in [0.5, 0.6) is 0 Å². The van der Waals surface area contributed by atoms with Crippen LogP contribution in [0.25, 0.3) is 0 Å². The topological polar surface area (TPSA) is 63.7 Å². The highest BCUT2D eigenvalue weighted by molar-refractivity contribution is 7.86. The SMILES string of the molecule is C[C@H](c1ccccc1)N1C[C@H](CF)[C@H](OS(C)(=O)=O)C1=O. The van der Waals surface area contributed by atoms with Gasteiger partial charge in [0.15, 0.2) is 6.10 Å². The third-order valence-electron chi connectivity index (χ3n) is 3.61. The summed E-state index contributed by atoms with van der Waals surface area (Å²) in [7, 11) is -3.81. The van der Waals surface area contributed by atoms with E-state index in [4.69, 9.17) is 4.18 Å². The summed E-state index contributed by atoms with van der Waals surface area (Å²) >= 11 is 0. The first-order valence-electron chi connectivity index (χ1n) is 6.63. The molecule has 1 heterocycles. The first-order chi connectivity index (χ1) is 9.83. The lowest BCUT2D eigenvalue weighted by Crippen LogP contribution is -2.34. The van der Waals surface area contributed by atoms with E-state index in [2.05, 4.69) is 0 Å². The Bertz CT molecular complexity index is 605. The van der Waals surface area contributed by atoms with Crippen molar-refractivity contribution in [2.24, 2.45) is 5.92 Å². The molecule has 0 bridgehead atoms. The number of rotatable bonds is 5. The number of nitrogens with zero attached hydrogens (tertiary/aromatic N) is 1. The molecule has 1 amide bonds. The maximum atomic E-state index is 13.1. The van der Waals surface area contributed by atoms with Crippen LogP contribution in [-0.4, -0.2) is 44.8 Å². The van der Waals surface area contributed by atoms with Gasteiger partial charge in [-0.05, 0) is 12.5 Å². The second-order valence-corrected chi connectivity index (χ2v) is 6.81. The van der Waals surface area contributed by atoms with E-state index in [0.29, 0.717) is 0 Å². The first kappa shape index (κ1) is 15.9. The van der Waals surface area contributed by atoms with Crippen molar-refractivity contribution in [3.8, 4) is 0 Å². The third-order valence-corrected chi connectivity index (χ3v) is 4.17. The number of likely N-dealkylation sites (tertiary alicyclic amines) is 1.